The molecular formula is C21H22BrN3O5. The van der Waals surface area contributed by atoms with Crippen LogP contribution < -0.4 is 9.64 Å². The van der Waals surface area contributed by atoms with E-state index in [1.807, 2.05) is 6.07 Å². The van der Waals surface area contributed by atoms with Gasteiger partial charge in [-0.05, 0) is 63.1 Å². The number of pyridine rings is 1. The quantitative estimate of drug-likeness (QED) is 0.636. The molecule has 1 heterocycles. The molecule has 0 spiro atoms. The van der Waals surface area contributed by atoms with Crippen molar-refractivity contribution in [3.63, 3.8) is 0 Å². The van der Waals surface area contributed by atoms with E-state index in [0.29, 0.717) is 11.3 Å². The van der Waals surface area contributed by atoms with Crippen molar-refractivity contribution >= 4 is 39.5 Å². The molecule has 2 aromatic rings. The number of hydrogen-bond acceptors (Lipinski definition) is 6. The number of aromatic nitrogens is 1. The van der Waals surface area contributed by atoms with Gasteiger partial charge in [0.25, 0.3) is 0 Å². The van der Waals surface area contributed by atoms with Crippen LogP contribution in [-0.4, -0.2) is 34.9 Å². The van der Waals surface area contributed by atoms with Gasteiger partial charge in [0, 0.05) is 10.9 Å². The Morgan fingerprint density at radius 3 is 2.53 bits per heavy atom. The molecule has 0 aliphatic rings. The average Bonchev–Trinajstić information content (AvgIpc) is 2.66. The molecule has 0 unspecified atom stereocenters. The summed E-state index contributed by atoms with van der Waals surface area (Å²) >= 11 is 3.41. The number of amides is 1. The molecular weight excluding hydrogens is 454 g/mol. The summed E-state index contributed by atoms with van der Waals surface area (Å²) in [6, 6.07) is 10.1. The van der Waals surface area contributed by atoms with E-state index in [0.717, 1.165) is 4.47 Å². The van der Waals surface area contributed by atoms with Crippen molar-refractivity contribution in [2.75, 3.05) is 12.0 Å². The number of carboxylic acids is 1. The van der Waals surface area contributed by atoms with Gasteiger partial charge in [-0.1, -0.05) is 15.9 Å². The Morgan fingerprint density at radius 2 is 1.97 bits per heavy atom. The number of nitriles is 1. The van der Waals surface area contributed by atoms with Crippen molar-refractivity contribution in [3.05, 3.63) is 45.9 Å². The van der Waals surface area contributed by atoms with E-state index in [-0.39, 0.29) is 30.1 Å². The molecule has 1 aromatic carbocycles. The van der Waals surface area contributed by atoms with Gasteiger partial charge in [0.1, 0.15) is 23.1 Å². The minimum absolute atomic E-state index is 0.0581. The molecule has 1 aromatic heterocycles. The first-order valence-corrected chi connectivity index (χ1v) is 9.83. The fourth-order valence-electron chi connectivity index (χ4n) is 2.57. The van der Waals surface area contributed by atoms with E-state index in [9.17, 15) is 14.9 Å². The summed E-state index contributed by atoms with van der Waals surface area (Å²) in [7, 11) is 1.38. The van der Waals surface area contributed by atoms with Crippen molar-refractivity contribution in [3.8, 4) is 11.9 Å². The number of benzene rings is 1. The Hall–Kier alpha value is -3.12. The van der Waals surface area contributed by atoms with E-state index in [4.69, 9.17) is 14.6 Å². The maximum atomic E-state index is 13.0. The van der Waals surface area contributed by atoms with E-state index < -0.39 is 17.7 Å². The van der Waals surface area contributed by atoms with Crippen LogP contribution in [0.1, 0.15) is 38.3 Å². The van der Waals surface area contributed by atoms with Gasteiger partial charge >= 0.3 is 12.1 Å². The highest BCUT2D eigenvalue weighted by Gasteiger charge is 2.27. The highest BCUT2D eigenvalue weighted by Crippen LogP contribution is 2.32. The lowest BCUT2D eigenvalue weighted by atomic mass is 10.1. The summed E-state index contributed by atoms with van der Waals surface area (Å²) in [5, 5.41) is 18.2. The largest absolute Gasteiger partial charge is 0.481 e. The number of carbonyl (C=O) groups is 2. The first-order valence-electron chi connectivity index (χ1n) is 9.04. The summed E-state index contributed by atoms with van der Waals surface area (Å²) in [6.45, 7) is 5.24. The van der Waals surface area contributed by atoms with Crippen molar-refractivity contribution in [1.82, 2.24) is 4.98 Å². The standard InChI is InChI=1S/C21H22BrN3O5/c1-21(2,3)30-20(28)25(17-9-5-14(12-23)19(24-17)29-4)15-7-8-16(22)13(11-15)6-10-18(26)27/h5,7-9,11H,6,10H2,1-4H3,(H,26,27). The lowest BCUT2D eigenvalue weighted by Gasteiger charge is -2.27. The smallest absolute Gasteiger partial charge is 0.420 e. The number of aryl methyl sites for hydroxylation is 1. The van der Waals surface area contributed by atoms with Crippen LogP contribution in [0.2, 0.25) is 0 Å². The number of rotatable bonds is 6. The van der Waals surface area contributed by atoms with Crippen LogP contribution in [0.4, 0.5) is 16.3 Å². The Labute approximate surface area is 183 Å². The maximum absolute atomic E-state index is 13.0. The summed E-state index contributed by atoms with van der Waals surface area (Å²) < 4.78 is 11.4. The molecule has 2 rings (SSSR count). The van der Waals surface area contributed by atoms with Crippen LogP contribution >= 0.6 is 15.9 Å². The Kier molecular flexibility index (Phi) is 7.40. The molecule has 0 aliphatic carbocycles. The number of halogens is 1. The van der Waals surface area contributed by atoms with E-state index in [2.05, 4.69) is 20.9 Å². The Balaban J connectivity index is 2.57. The minimum atomic E-state index is -0.921. The lowest BCUT2D eigenvalue weighted by Crippen LogP contribution is -2.34. The molecule has 0 saturated carbocycles. The van der Waals surface area contributed by atoms with Crippen LogP contribution in [0.25, 0.3) is 0 Å². The molecule has 1 amide bonds. The van der Waals surface area contributed by atoms with Crippen LogP contribution in [-0.2, 0) is 16.0 Å². The summed E-state index contributed by atoms with van der Waals surface area (Å²) in [5.74, 6) is -0.645. The zero-order valence-electron chi connectivity index (χ0n) is 17.1. The SMILES string of the molecule is COc1nc(N(C(=O)OC(C)(C)C)c2ccc(Br)c(CCC(=O)O)c2)ccc1C#N. The highest BCUT2D eigenvalue weighted by molar-refractivity contribution is 9.10. The first-order chi connectivity index (χ1) is 14.1. The summed E-state index contributed by atoms with van der Waals surface area (Å²) in [4.78, 5) is 29.5. The fourth-order valence-corrected chi connectivity index (χ4v) is 3.01. The summed E-state index contributed by atoms with van der Waals surface area (Å²) in [5.41, 5.74) is 0.618. The number of carboxylic acid groups (broad SMARTS) is 1. The molecule has 0 radical (unpaired) electrons. The molecule has 0 atom stereocenters. The third-order valence-corrected chi connectivity index (χ3v) is 4.63. The number of ether oxygens (including phenoxy) is 2. The van der Waals surface area contributed by atoms with Crippen molar-refractivity contribution < 1.29 is 24.2 Å². The van der Waals surface area contributed by atoms with Gasteiger partial charge in [0.15, 0.2) is 0 Å². The molecule has 0 bridgehead atoms. The normalized spacial score (nSPS) is 10.8. The fraction of sp³-hybridized carbons (Fsp3) is 0.333. The molecule has 0 saturated heterocycles. The molecule has 30 heavy (non-hydrogen) atoms. The van der Waals surface area contributed by atoms with Gasteiger partial charge in [-0.3, -0.25) is 4.79 Å². The number of nitrogens with zero attached hydrogens (tertiary/aromatic N) is 3. The molecule has 8 nitrogen and oxygen atoms in total. The van der Waals surface area contributed by atoms with Crippen LogP contribution in [0.15, 0.2) is 34.8 Å². The molecule has 9 heteroatoms. The summed E-state index contributed by atoms with van der Waals surface area (Å²) in [6.07, 6.45) is -0.457. The van der Waals surface area contributed by atoms with Crippen LogP contribution in [0.3, 0.4) is 0 Å². The van der Waals surface area contributed by atoms with Gasteiger partial charge in [0.2, 0.25) is 5.88 Å². The van der Waals surface area contributed by atoms with Gasteiger partial charge in [-0.25, -0.2) is 9.69 Å². The number of methoxy groups -OCH3 is 1. The first kappa shape index (κ1) is 23.2. The average molecular weight is 476 g/mol. The predicted molar refractivity (Wildman–Crippen MR) is 114 cm³/mol. The van der Waals surface area contributed by atoms with Crippen LogP contribution in [0.5, 0.6) is 5.88 Å². The second kappa shape index (κ2) is 9.59. The van der Waals surface area contributed by atoms with Crippen molar-refractivity contribution in [1.29, 1.82) is 5.26 Å². The van der Waals surface area contributed by atoms with Crippen molar-refractivity contribution in [2.24, 2.45) is 0 Å². The van der Waals surface area contributed by atoms with E-state index >= 15 is 0 Å². The maximum Gasteiger partial charge on any atom is 0.420 e. The minimum Gasteiger partial charge on any atom is -0.481 e. The van der Waals surface area contributed by atoms with Crippen molar-refractivity contribution in [2.45, 2.75) is 39.2 Å². The van der Waals surface area contributed by atoms with Gasteiger partial charge in [0.05, 0.1) is 12.8 Å². The van der Waals surface area contributed by atoms with Gasteiger partial charge in [-0.15, -0.1) is 0 Å². The Morgan fingerprint density at radius 1 is 1.27 bits per heavy atom. The number of anilines is 2. The topological polar surface area (TPSA) is 113 Å². The monoisotopic (exact) mass is 475 g/mol. The third-order valence-electron chi connectivity index (χ3n) is 3.86. The second-order valence-corrected chi connectivity index (χ2v) is 8.18. The molecule has 158 valence electrons. The lowest BCUT2D eigenvalue weighted by molar-refractivity contribution is -0.136. The second-order valence-electron chi connectivity index (χ2n) is 7.32. The third kappa shape index (κ3) is 5.94. The van der Waals surface area contributed by atoms with Crippen LogP contribution in [0, 0.1) is 11.3 Å². The van der Waals surface area contributed by atoms with E-state index in [1.165, 1.54) is 24.1 Å². The zero-order chi connectivity index (χ0) is 22.5. The van der Waals surface area contributed by atoms with Gasteiger partial charge < -0.3 is 14.6 Å². The highest BCUT2D eigenvalue weighted by atomic mass is 79.9. The van der Waals surface area contributed by atoms with E-state index in [1.54, 1.807) is 39.0 Å². The number of carbonyl (C=O) groups excluding carboxylic acids is 1. The number of aliphatic carboxylic acids is 1. The zero-order valence-corrected chi connectivity index (χ0v) is 18.7. The Bertz CT molecular complexity index is 995. The molecule has 0 fully saturated rings. The molecule has 1 N–H and O–H groups in total. The van der Waals surface area contributed by atoms with Gasteiger partial charge in [-0.2, -0.15) is 10.2 Å². The number of hydrogen-bond donors (Lipinski definition) is 1. The molecule has 0 aliphatic heterocycles. The predicted octanol–water partition coefficient (Wildman–Crippen LogP) is 4.81.